The summed E-state index contributed by atoms with van der Waals surface area (Å²) in [6, 6.07) is 6.34. The molecule has 0 saturated carbocycles. The third-order valence-electron chi connectivity index (χ3n) is 2.83. The predicted molar refractivity (Wildman–Crippen MR) is 81.4 cm³/mol. The Hall–Kier alpha value is -1.59. The second-order valence-electron chi connectivity index (χ2n) is 4.78. The first kappa shape index (κ1) is 14.8. The number of rotatable bonds is 7. The van der Waals surface area contributed by atoms with Crippen molar-refractivity contribution in [2.45, 2.75) is 33.0 Å². The zero-order valence-electron chi connectivity index (χ0n) is 12.1. The molecule has 1 aromatic heterocycles. The van der Waals surface area contributed by atoms with Gasteiger partial charge >= 0.3 is 0 Å². The minimum absolute atomic E-state index is 0.434. The molecule has 0 spiro atoms. The second-order valence-corrected chi connectivity index (χ2v) is 5.50. The molecule has 108 valence electrons. The molecule has 0 unspecified atom stereocenters. The lowest BCUT2D eigenvalue weighted by Gasteiger charge is -2.14. The molecule has 0 saturated heterocycles. The Morgan fingerprint density at radius 2 is 2.20 bits per heavy atom. The largest absolute Gasteiger partial charge is 0.497 e. The van der Waals surface area contributed by atoms with Crippen LogP contribution in [0, 0.1) is 0 Å². The number of hydrogen-bond acceptors (Lipinski definition) is 5. The fourth-order valence-electron chi connectivity index (χ4n) is 1.72. The van der Waals surface area contributed by atoms with E-state index in [1.165, 1.54) is 0 Å². The molecule has 0 atom stereocenters. The molecule has 4 nitrogen and oxygen atoms in total. The van der Waals surface area contributed by atoms with Crippen molar-refractivity contribution in [3.63, 3.8) is 0 Å². The van der Waals surface area contributed by atoms with Crippen LogP contribution in [-0.4, -0.2) is 18.1 Å². The highest BCUT2D eigenvalue weighted by Crippen LogP contribution is 2.25. The summed E-state index contributed by atoms with van der Waals surface area (Å²) in [7, 11) is 1.66. The standard InChI is InChI=1S/C15H20N2O2S/c1-11(2)16-7-12-4-5-14(18-3)6-15(12)19-8-13-9-20-10-17-13/h4-6,9-11,16H,7-8H2,1-3H3. The molecule has 0 bridgehead atoms. The Bertz CT molecular complexity index is 527. The maximum absolute atomic E-state index is 5.88. The summed E-state index contributed by atoms with van der Waals surface area (Å²) in [6.45, 7) is 5.50. The van der Waals surface area contributed by atoms with Crippen LogP contribution in [0.25, 0.3) is 0 Å². The highest BCUT2D eigenvalue weighted by Gasteiger charge is 2.07. The molecule has 0 aliphatic carbocycles. The van der Waals surface area contributed by atoms with Gasteiger partial charge in [0.15, 0.2) is 0 Å². The summed E-state index contributed by atoms with van der Waals surface area (Å²) in [5.41, 5.74) is 3.88. The van der Waals surface area contributed by atoms with E-state index in [2.05, 4.69) is 24.1 Å². The maximum atomic E-state index is 5.88. The van der Waals surface area contributed by atoms with Crippen LogP contribution >= 0.6 is 11.3 Å². The van der Waals surface area contributed by atoms with Gasteiger partial charge in [0, 0.05) is 29.6 Å². The number of nitrogens with zero attached hydrogens (tertiary/aromatic N) is 1. The molecular weight excluding hydrogens is 272 g/mol. The van der Waals surface area contributed by atoms with Crippen LogP contribution in [0.5, 0.6) is 11.5 Å². The number of ether oxygens (including phenoxy) is 2. The van der Waals surface area contributed by atoms with Gasteiger partial charge in [-0.2, -0.15) is 0 Å². The first-order valence-corrected chi connectivity index (χ1v) is 7.53. The van der Waals surface area contributed by atoms with E-state index in [1.54, 1.807) is 18.4 Å². The van der Waals surface area contributed by atoms with Gasteiger partial charge in [-0.05, 0) is 6.07 Å². The van der Waals surface area contributed by atoms with E-state index < -0.39 is 0 Å². The number of thiazole rings is 1. The van der Waals surface area contributed by atoms with Gasteiger partial charge in [-0.15, -0.1) is 11.3 Å². The molecular formula is C15H20N2O2S. The maximum Gasteiger partial charge on any atom is 0.131 e. The van der Waals surface area contributed by atoms with E-state index in [4.69, 9.17) is 9.47 Å². The number of methoxy groups -OCH3 is 1. The number of benzene rings is 1. The predicted octanol–water partition coefficient (Wildman–Crippen LogP) is 3.23. The van der Waals surface area contributed by atoms with Crippen molar-refractivity contribution >= 4 is 11.3 Å². The molecule has 2 aromatic rings. The zero-order chi connectivity index (χ0) is 14.4. The molecule has 0 fully saturated rings. The fourth-order valence-corrected chi connectivity index (χ4v) is 2.26. The van der Waals surface area contributed by atoms with Crippen LogP contribution in [0.4, 0.5) is 0 Å². The Balaban J connectivity index is 2.09. The summed E-state index contributed by atoms with van der Waals surface area (Å²) < 4.78 is 11.1. The van der Waals surface area contributed by atoms with Crippen LogP contribution in [0.1, 0.15) is 25.1 Å². The quantitative estimate of drug-likeness (QED) is 0.851. The third kappa shape index (κ3) is 4.21. The van der Waals surface area contributed by atoms with E-state index in [0.29, 0.717) is 12.6 Å². The first-order chi connectivity index (χ1) is 9.69. The van der Waals surface area contributed by atoms with Crippen LogP contribution in [0.15, 0.2) is 29.1 Å². The van der Waals surface area contributed by atoms with Crippen LogP contribution < -0.4 is 14.8 Å². The van der Waals surface area contributed by atoms with Crippen molar-refractivity contribution in [2.75, 3.05) is 7.11 Å². The average Bonchev–Trinajstić information content (AvgIpc) is 2.96. The van der Waals surface area contributed by atoms with Crippen molar-refractivity contribution in [2.24, 2.45) is 0 Å². The topological polar surface area (TPSA) is 43.4 Å². The van der Waals surface area contributed by atoms with Gasteiger partial charge < -0.3 is 14.8 Å². The van der Waals surface area contributed by atoms with Crippen LogP contribution in [0.2, 0.25) is 0 Å². The number of hydrogen-bond donors (Lipinski definition) is 1. The van der Waals surface area contributed by atoms with Gasteiger partial charge in [0.05, 0.1) is 18.3 Å². The van der Waals surface area contributed by atoms with E-state index in [1.807, 2.05) is 29.1 Å². The highest BCUT2D eigenvalue weighted by atomic mass is 32.1. The highest BCUT2D eigenvalue weighted by molar-refractivity contribution is 7.07. The van der Waals surface area contributed by atoms with Gasteiger partial charge in [-0.25, -0.2) is 4.98 Å². The summed E-state index contributed by atoms with van der Waals surface area (Å²) in [5.74, 6) is 1.64. The molecule has 2 rings (SSSR count). The molecule has 1 N–H and O–H groups in total. The normalized spacial score (nSPS) is 10.8. The molecule has 0 amide bonds. The lowest BCUT2D eigenvalue weighted by molar-refractivity contribution is 0.295. The van der Waals surface area contributed by atoms with Crippen LogP contribution in [-0.2, 0) is 13.2 Å². The monoisotopic (exact) mass is 292 g/mol. The molecule has 1 aromatic carbocycles. The van der Waals surface area contributed by atoms with E-state index in [9.17, 15) is 0 Å². The molecule has 5 heteroatoms. The summed E-state index contributed by atoms with van der Waals surface area (Å²) in [4.78, 5) is 4.22. The van der Waals surface area contributed by atoms with Gasteiger partial charge in [-0.3, -0.25) is 0 Å². The Labute approximate surface area is 123 Å². The van der Waals surface area contributed by atoms with E-state index >= 15 is 0 Å². The van der Waals surface area contributed by atoms with Gasteiger partial charge in [0.1, 0.15) is 18.1 Å². The van der Waals surface area contributed by atoms with Crippen molar-refractivity contribution in [1.82, 2.24) is 10.3 Å². The lowest BCUT2D eigenvalue weighted by atomic mass is 10.2. The van der Waals surface area contributed by atoms with Crippen molar-refractivity contribution < 1.29 is 9.47 Å². The van der Waals surface area contributed by atoms with Crippen molar-refractivity contribution in [3.05, 3.63) is 40.3 Å². The molecule has 0 radical (unpaired) electrons. The Morgan fingerprint density at radius 1 is 1.35 bits per heavy atom. The third-order valence-corrected chi connectivity index (χ3v) is 3.47. The van der Waals surface area contributed by atoms with Gasteiger partial charge in [-0.1, -0.05) is 19.9 Å². The lowest BCUT2D eigenvalue weighted by Crippen LogP contribution is -2.22. The van der Waals surface area contributed by atoms with Gasteiger partial charge in [0.25, 0.3) is 0 Å². The van der Waals surface area contributed by atoms with E-state index in [-0.39, 0.29) is 0 Å². The van der Waals surface area contributed by atoms with Crippen molar-refractivity contribution in [3.8, 4) is 11.5 Å². The van der Waals surface area contributed by atoms with Crippen molar-refractivity contribution in [1.29, 1.82) is 0 Å². The zero-order valence-corrected chi connectivity index (χ0v) is 12.9. The molecule has 20 heavy (non-hydrogen) atoms. The summed E-state index contributed by atoms with van der Waals surface area (Å²) >= 11 is 1.57. The molecule has 0 aliphatic rings. The molecule has 0 aliphatic heterocycles. The first-order valence-electron chi connectivity index (χ1n) is 6.59. The summed E-state index contributed by atoms with van der Waals surface area (Å²) in [5, 5.41) is 5.39. The SMILES string of the molecule is COc1ccc(CNC(C)C)c(OCc2cscn2)c1. The Kier molecular flexibility index (Phi) is 5.38. The second kappa shape index (κ2) is 7.26. The smallest absolute Gasteiger partial charge is 0.131 e. The summed E-state index contributed by atoms with van der Waals surface area (Å²) in [6.07, 6.45) is 0. The van der Waals surface area contributed by atoms with Crippen LogP contribution in [0.3, 0.4) is 0 Å². The number of nitrogens with one attached hydrogen (secondary N) is 1. The minimum atomic E-state index is 0.434. The minimum Gasteiger partial charge on any atom is -0.497 e. The fraction of sp³-hybridized carbons (Fsp3) is 0.400. The average molecular weight is 292 g/mol. The van der Waals surface area contributed by atoms with E-state index in [0.717, 1.165) is 29.3 Å². The molecule has 1 heterocycles. The Morgan fingerprint density at radius 3 is 2.85 bits per heavy atom. The number of aromatic nitrogens is 1. The van der Waals surface area contributed by atoms with Gasteiger partial charge in [0.2, 0.25) is 0 Å².